The van der Waals surface area contributed by atoms with Crippen molar-refractivity contribution in [2.45, 2.75) is 19.1 Å². The third kappa shape index (κ3) is 4.25. The minimum Gasteiger partial charge on any atom is -0.370 e. The number of carbonyl (C=O) groups is 2. The van der Waals surface area contributed by atoms with E-state index >= 15 is 0 Å². The van der Waals surface area contributed by atoms with Crippen LogP contribution in [0, 0.1) is 0 Å². The zero-order chi connectivity index (χ0) is 17.6. The second-order valence-electron chi connectivity index (χ2n) is 6.12. The van der Waals surface area contributed by atoms with Crippen LogP contribution >= 0.6 is 0 Å². The Morgan fingerprint density at radius 2 is 1.72 bits per heavy atom. The van der Waals surface area contributed by atoms with E-state index in [0.717, 1.165) is 5.56 Å². The highest BCUT2D eigenvalue weighted by Gasteiger charge is 2.28. The molecule has 2 aromatic carbocycles. The van der Waals surface area contributed by atoms with Crippen LogP contribution in [0.15, 0.2) is 60.7 Å². The number of amides is 2. The first-order valence-electron chi connectivity index (χ1n) is 8.46. The number of benzene rings is 2. The summed E-state index contributed by atoms with van der Waals surface area (Å²) >= 11 is 0. The number of rotatable bonds is 4. The molecule has 0 spiro atoms. The van der Waals surface area contributed by atoms with Crippen LogP contribution in [-0.2, 0) is 9.53 Å². The second-order valence-corrected chi connectivity index (χ2v) is 6.12. The van der Waals surface area contributed by atoms with Crippen molar-refractivity contribution >= 4 is 11.8 Å². The summed E-state index contributed by atoms with van der Waals surface area (Å²) in [4.78, 5) is 26.7. The van der Waals surface area contributed by atoms with Crippen molar-refractivity contribution in [3.8, 4) is 0 Å². The van der Waals surface area contributed by atoms with Crippen LogP contribution < -0.4 is 5.32 Å². The quantitative estimate of drug-likeness (QED) is 0.931. The van der Waals surface area contributed by atoms with Gasteiger partial charge in [0.1, 0.15) is 12.1 Å². The standard InChI is InChI=1S/C20H22N2O3/c1-15(21-19(23)17-10-6-3-7-11-17)20(24)22-12-13-25-18(14-22)16-8-4-2-5-9-16/h2-11,15,18H,12-14H2,1H3,(H,21,23)/t15-,18?/m0/s1. The first-order chi connectivity index (χ1) is 12.1. The van der Waals surface area contributed by atoms with Gasteiger partial charge < -0.3 is 15.0 Å². The van der Waals surface area contributed by atoms with Crippen molar-refractivity contribution < 1.29 is 14.3 Å². The minimum atomic E-state index is -0.581. The van der Waals surface area contributed by atoms with E-state index in [0.29, 0.717) is 25.3 Å². The van der Waals surface area contributed by atoms with Gasteiger partial charge in [-0.05, 0) is 24.6 Å². The molecule has 130 valence electrons. The van der Waals surface area contributed by atoms with Gasteiger partial charge in [0.2, 0.25) is 5.91 Å². The molecule has 2 amide bonds. The van der Waals surface area contributed by atoms with Gasteiger partial charge in [-0.3, -0.25) is 9.59 Å². The highest BCUT2D eigenvalue weighted by molar-refractivity contribution is 5.97. The van der Waals surface area contributed by atoms with E-state index in [1.54, 1.807) is 36.1 Å². The van der Waals surface area contributed by atoms with Crippen LogP contribution in [-0.4, -0.2) is 42.5 Å². The number of nitrogens with one attached hydrogen (secondary N) is 1. The molecular formula is C20H22N2O3. The predicted molar refractivity (Wildman–Crippen MR) is 95.1 cm³/mol. The molecule has 2 aromatic rings. The minimum absolute atomic E-state index is 0.0893. The van der Waals surface area contributed by atoms with Gasteiger partial charge in [-0.2, -0.15) is 0 Å². The topological polar surface area (TPSA) is 58.6 Å². The Hall–Kier alpha value is -2.66. The highest BCUT2D eigenvalue weighted by atomic mass is 16.5. The highest BCUT2D eigenvalue weighted by Crippen LogP contribution is 2.22. The summed E-state index contributed by atoms with van der Waals surface area (Å²) in [5, 5.41) is 2.78. The first kappa shape index (κ1) is 17.2. The largest absolute Gasteiger partial charge is 0.370 e. The van der Waals surface area contributed by atoms with Crippen LogP contribution in [0.1, 0.15) is 28.9 Å². The maximum atomic E-state index is 12.7. The molecule has 1 heterocycles. The molecule has 1 fully saturated rings. The summed E-state index contributed by atoms with van der Waals surface area (Å²) in [6.45, 7) is 3.24. The van der Waals surface area contributed by atoms with Gasteiger partial charge in [0, 0.05) is 12.1 Å². The number of hydrogen-bond acceptors (Lipinski definition) is 3. The average molecular weight is 338 g/mol. The molecular weight excluding hydrogens is 316 g/mol. The molecule has 25 heavy (non-hydrogen) atoms. The molecule has 1 aliphatic heterocycles. The Morgan fingerprint density at radius 1 is 1.08 bits per heavy atom. The Morgan fingerprint density at radius 3 is 2.40 bits per heavy atom. The Balaban J connectivity index is 1.61. The van der Waals surface area contributed by atoms with Crippen LogP contribution in [0.5, 0.6) is 0 Å². The molecule has 1 unspecified atom stereocenters. The second kappa shape index (κ2) is 7.94. The van der Waals surface area contributed by atoms with Crippen molar-refractivity contribution in [3.05, 3.63) is 71.8 Å². The third-order valence-electron chi connectivity index (χ3n) is 4.30. The first-order valence-corrected chi connectivity index (χ1v) is 8.46. The Kier molecular flexibility index (Phi) is 5.46. The third-order valence-corrected chi connectivity index (χ3v) is 4.30. The fourth-order valence-electron chi connectivity index (χ4n) is 2.92. The van der Waals surface area contributed by atoms with Gasteiger partial charge >= 0.3 is 0 Å². The monoisotopic (exact) mass is 338 g/mol. The predicted octanol–water partition coefficient (Wildman–Crippen LogP) is 2.41. The van der Waals surface area contributed by atoms with Crippen molar-refractivity contribution in [2.24, 2.45) is 0 Å². The molecule has 1 aliphatic rings. The van der Waals surface area contributed by atoms with E-state index in [9.17, 15) is 9.59 Å². The lowest BCUT2D eigenvalue weighted by atomic mass is 10.1. The average Bonchev–Trinajstić information content (AvgIpc) is 2.68. The van der Waals surface area contributed by atoms with Crippen molar-refractivity contribution in [1.29, 1.82) is 0 Å². The molecule has 0 aromatic heterocycles. The van der Waals surface area contributed by atoms with Gasteiger partial charge in [-0.15, -0.1) is 0 Å². The van der Waals surface area contributed by atoms with Gasteiger partial charge in [0.25, 0.3) is 5.91 Å². The zero-order valence-electron chi connectivity index (χ0n) is 14.2. The fourth-order valence-corrected chi connectivity index (χ4v) is 2.92. The maximum Gasteiger partial charge on any atom is 0.251 e. The lowest BCUT2D eigenvalue weighted by molar-refractivity contribution is -0.140. The van der Waals surface area contributed by atoms with E-state index in [4.69, 9.17) is 4.74 Å². The zero-order valence-corrected chi connectivity index (χ0v) is 14.2. The molecule has 0 aliphatic carbocycles. The number of ether oxygens (including phenoxy) is 1. The summed E-state index contributed by atoms with van der Waals surface area (Å²) in [5.41, 5.74) is 1.60. The van der Waals surface area contributed by atoms with Gasteiger partial charge in [0.05, 0.1) is 13.2 Å². The number of carbonyl (C=O) groups excluding carboxylic acids is 2. The van der Waals surface area contributed by atoms with Gasteiger partial charge in [-0.25, -0.2) is 0 Å². The molecule has 5 heteroatoms. The smallest absolute Gasteiger partial charge is 0.251 e. The van der Waals surface area contributed by atoms with Crippen molar-refractivity contribution in [1.82, 2.24) is 10.2 Å². The Bertz CT molecular complexity index is 718. The SMILES string of the molecule is C[C@H](NC(=O)c1ccccc1)C(=O)N1CCOC(c2ccccc2)C1. The summed E-state index contributed by atoms with van der Waals surface area (Å²) in [7, 11) is 0. The summed E-state index contributed by atoms with van der Waals surface area (Å²) in [5.74, 6) is -0.331. The van der Waals surface area contributed by atoms with Crippen LogP contribution in [0.4, 0.5) is 0 Å². The lowest BCUT2D eigenvalue weighted by Crippen LogP contribution is -2.51. The molecule has 5 nitrogen and oxygen atoms in total. The summed E-state index contributed by atoms with van der Waals surface area (Å²) in [6.07, 6.45) is -0.129. The molecule has 3 rings (SSSR count). The van der Waals surface area contributed by atoms with Gasteiger partial charge in [-0.1, -0.05) is 48.5 Å². The molecule has 0 saturated carbocycles. The van der Waals surface area contributed by atoms with Crippen LogP contribution in [0.25, 0.3) is 0 Å². The molecule has 1 saturated heterocycles. The van der Waals surface area contributed by atoms with Crippen molar-refractivity contribution in [2.75, 3.05) is 19.7 Å². The number of nitrogens with zero attached hydrogens (tertiary/aromatic N) is 1. The van der Waals surface area contributed by atoms with Gasteiger partial charge in [0.15, 0.2) is 0 Å². The van der Waals surface area contributed by atoms with Crippen molar-refractivity contribution in [3.63, 3.8) is 0 Å². The van der Waals surface area contributed by atoms with E-state index in [1.807, 2.05) is 36.4 Å². The summed E-state index contributed by atoms with van der Waals surface area (Å²) in [6, 6.07) is 18.2. The van der Waals surface area contributed by atoms with E-state index in [-0.39, 0.29) is 17.9 Å². The lowest BCUT2D eigenvalue weighted by Gasteiger charge is -2.34. The fraction of sp³-hybridized carbons (Fsp3) is 0.300. The van der Waals surface area contributed by atoms with E-state index < -0.39 is 6.04 Å². The maximum absolute atomic E-state index is 12.7. The van der Waals surface area contributed by atoms with Crippen LogP contribution in [0.3, 0.4) is 0 Å². The molecule has 0 bridgehead atoms. The number of morpholine rings is 1. The van der Waals surface area contributed by atoms with Crippen LogP contribution in [0.2, 0.25) is 0 Å². The normalized spacial score (nSPS) is 18.4. The summed E-state index contributed by atoms with van der Waals surface area (Å²) < 4.78 is 5.79. The van der Waals surface area contributed by atoms with E-state index in [2.05, 4.69) is 5.32 Å². The molecule has 2 atom stereocenters. The van der Waals surface area contributed by atoms with E-state index in [1.165, 1.54) is 0 Å². The number of hydrogen-bond donors (Lipinski definition) is 1. The molecule has 0 radical (unpaired) electrons. The Labute approximate surface area is 147 Å². The molecule has 1 N–H and O–H groups in total.